The Hall–Kier alpha value is -1.09. The van der Waals surface area contributed by atoms with Crippen LogP contribution in [0.15, 0.2) is 18.3 Å². The molecule has 0 radical (unpaired) electrons. The van der Waals surface area contributed by atoms with Gasteiger partial charge in [0.15, 0.2) is 0 Å². The highest BCUT2D eigenvalue weighted by atomic mass is 16.3. The molecular formula is C13H18N2O. The summed E-state index contributed by atoms with van der Waals surface area (Å²) in [7, 11) is 0. The SMILES string of the molecule is OC1(c2cccnc2N2CCCCC2)CC1. The van der Waals surface area contributed by atoms with Gasteiger partial charge in [0.2, 0.25) is 0 Å². The van der Waals surface area contributed by atoms with Crippen LogP contribution >= 0.6 is 0 Å². The van der Waals surface area contributed by atoms with Crippen LogP contribution in [0.2, 0.25) is 0 Å². The molecule has 0 bridgehead atoms. The maximum absolute atomic E-state index is 10.2. The zero-order valence-electron chi connectivity index (χ0n) is 9.52. The molecule has 0 atom stereocenters. The second-order valence-electron chi connectivity index (χ2n) is 4.95. The lowest BCUT2D eigenvalue weighted by atomic mass is 10.1. The van der Waals surface area contributed by atoms with Crippen LogP contribution in [0.1, 0.15) is 37.7 Å². The maximum Gasteiger partial charge on any atom is 0.134 e. The summed E-state index contributed by atoms with van der Waals surface area (Å²) in [6.07, 6.45) is 7.42. The van der Waals surface area contributed by atoms with Gasteiger partial charge in [-0.25, -0.2) is 4.98 Å². The Morgan fingerprint density at radius 2 is 1.94 bits per heavy atom. The Kier molecular flexibility index (Phi) is 2.36. The summed E-state index contributed by atoms with van der Waals surface area (Å²) < 4.78 is 0. The molecule has 0 amide bonds. The zero-order valence-corrected chi connectivity index (χ0v) is 9.52. The van der Waals surface area contributed by atoms with E-state index in [9.17, 15) is 5.11 Å². The van der Waals surface area contributed by atoms with Crippen molar-refractivity contribution >= 4 is 5.82 Å². The molecule has 0 aromatic carbocycles. The summed E-state index contributed by atoms with van der Waals surface area (Å²) in [6, 6.07) is 3.96. The topological polar surface area (TPSA) is 36.4 Å². The molecule has 2 aliphatic rings. The first-order valence-corrected chi connectivity index (χ1v) is 6.22. The van der Waals surface area contributed by atoms with Crippen LogP contribution in [0.3, 0.4) is 0 Å². The van der Waals surface area contributed by atoms with E-state index in [1.165, 1.54) is 19.3 Å². The number of piperidine rings is 1. The molecule has 1 saturated carbocycles. The molecule has 1 aliphatic heterocycles. The van der Waals surface area contributed by atoms with Crippen molar-refractivity contribution in [2.75, 3.05) is 18.0 Å². The summed E-state index contributed by atoms with van der Waals surface area (Å²) in [5.74, 6) is 1.02. The molecule has 16 heavy (non-hydrogen) atoms. The highest BCUT2D eigenvalue weighted by molar-refractivity contribution is 5.51. The van der Waals surface area contributed by atoms with E-state index in [1.54, 1.807) is 0 Å². The number of hydrogen-bond acceptors (Lipinski definition) is 3. The average Bonchev–Trinajstić information content (AvgIpc) is 3.10. The first-order chi connectivity index (χ1) is 7.80. The third-order valence-corrected chi connectivity index (χ3v) is 3.67. The van der Waals surface area contributed by atoms with E-state index in [-0.39, 0.29) is 0 Å². The summed E-state index contributed by atoms with van der Waals surface area (Å²) in [5, 5.41) is 10.2. The minimum absolute atomic E-state index is 0.568. The van der Waals surface area contributed by atoms with Crippen LogP contribution < -0.4 is 4.90 Å². The lowest BCUT2D eigenvalue weighted by molar-refractivity contribution is 0.151. The Labute approximate surface area is 96.1 Å². The van der Waals surface area contributed by atoms with Crippen molar-refractivity contribution in [1.29, 1.82) is 0 Å². The Balaban J connectivity index is 1.93. The van der Waals surface area contributed by atoms with Crippen molar-refractivity contribution in [3.8, 4) is 0 Å². The molecule has 3 nitrogen and oxygen atoms in total. The van der Waals surface area contributed by atoms with Gasteiger partial charge in [0.05, 0.1) is 5.60 Å². The van der Waals surface area contributed by atoms with E-state index in [1.807, 2.05) is 18.3 Å². The van der Waals surface area contributed by atoms with E-state index in [2.05, 4.69) is 9.88 Å². The van der Waals surface area contributed by atoms with E-state index < -0.39 is 5.60 Å². The number of pyridine rings is 1. The van der Waals surface area contributed by atoms with Crippen LogP contribution in [0.4, 0.5) is 5.82 Å². The summed E-state index contributed by atoms with van der Waals surface area (Å²) in [4.78, 5) is 6.80. The third-order valence-electron chi connectivity index (χ3n) is 3.67. The van der Waals surface area contributed by atoms with Gasteiger partial charge < -0.3 is 10.0 Å². The quantitative estimate of drug-likeness (QED) is 0.825. The summed E-state index contributed by atoms with van der Waals surface area (Å²) in [6.45, 7) is 2.17. The normalized spacial score (nSPS) is 23.2. The van der Waals surface area contributed by atoms with Crippen molar-refractivity contribution < 1.29 is 5.11 Å². The maximum atomic E-state index is 10.2. The van der Waals surface area contributed by atoms with Gasteiger partial charge in [-0.3, -0.25) is 0 Å². The Bertz CT molecular complexity index is 381. The van der Waals surface area contributed by atoms with Gasteiger partial charge in [-0.1, -0.05) is 6.07 Å². The van der Waals surface area contributed by atoms with Crippen molar-refractivity contribution in [3.63, 3.8) is 0 Å². The van der Waals surface area contributed by atoms with Crippen molar-refractivity contribution in [3.05, 3.63) is 23.9 Å². The summed E-state index contributed by atoms with van der Waals surface area (Å²) >= 11 is 0. The van der Waals surface area contributed by atoms with Crippen LogP contribution in [-0.2, 0) is 5.60 Å². The highest BCUT2D eigenvalue weighted by Crippen LogP contribution is 2.48. The van der Waals surface area contributed by atoms with Crippen molar-refractivity contribution in [1.82, 2.24) is 4.98 Å². The minimum Gasteiger partial charge on any atom is -0.385 e. The molecule has 3 rings (SSSR count). The van der Waals surface area contributed by atoms with Crippen molar-refractivity contribution in [2.24, 2.45) is 0 Å². The fourth-order valence-electron chi connectivity index (χ4n) is 2.51. The molecule has 0 unspecified atom stereocenters. The molecule has 1 aromatic rings. The predicted octanol–water partition coefficient (Wildman–Crippen LogP) is 2.05. The molecule has 86 valence electrons. The van der Waals surface area contributed by atoms with Crippen molar-refractivity contribution in [2.45, 2.75) is 37.7 Å². The fourth-order valence-corrected chi connectivity index (χ4v) is 2.51. The molecular weight excluding hydrogens is 200 g/mol. The standard InChI is InChI=1S/C13H18N2O/c16-13(6-7-13)11-5-4-8-14-12(11)15-9-2-1-3-10-15/h4-5,8,16H,1-3,6-7,9-10H2. The first kappa shape index (κ1) is 10.1. The van der Waals surface area contributed by atoms with Gasteiger partial charge in [0.1, 0.15) is 5.82 Å². The zero-order chi connectivity index (χ0) is 11.0. The average molecular weight is 218 g/mol. The first-order valence-electron chi connectivity index (χ1n) is 6.22. The second kappa shape index (κ2) is 3.74. The number of hydrogen-bond donors (Lipinski definition) is 1. The van der Waals surface area contributed by atoms with Gasteiger partial charge >= 0.3 is 0 Å². The largest absolute Gasteiger partial charge is 0.385 e. The fraction of sp³-hybridized carbons (Fsp3) is 0.615. The smallest absolute Gasteiger partial charge is 0.134 e. The van der Waals surface area contributed by atoms with E-state index in [0.29, 0.717) is 0 Å². The number of aliphatic hydroxyl groups is 1. The molecule has 2 fully saturated rings. The van der Waals surface area contributed by atoms with Gasteiger partial charge in [0.25, 0.3) is 0 Å². The Morgan fingerprint density at radius 1 is 1.19 bits per heavy atom. The molecule has 2 heterocycles. The minimum atomic E-state index is -0.568. The van der Waals surface area contributed by atoms with Gasteiger partial charge in [-0.2, -0.15) is 0 Å². The van der Waals surface area contributed by atoms with Gasteiger partial charge in [-0.15, -0.1) is 0 Å². The number of anilines is 1. The monoisotopic (exact) mass is 218 g/mol. The highest BCUT2D eigenvalue weighted by Gasteiger charge is 2.44. The molecule has 3 heteroatoms. The summed E-state index contributed by atoms with van der Waals surface area (Å²) in [5.41, 5.74) is 0.470. The van der Waals surface area contributed by atoms with E-state index in [0.717, 1.165) is 37.3 Å². The van der Waals surface area contributed by atoms with E-state index in [4.69, 9.17) is 0 Å². The molecule has 1 saturated heterocycles. The molecule has 1 aliphatic carbocycles. The predicted molar refractivity (Wildman–Crippen MR) is 63.4 cm³/mol. The van der Waals surface area contributed by atoms with Gasteiger partial charge in [-0.05, 0) is 38.2 Å². The van der Waals surface area contributed by atoms with Crippen LogP contribution in [0.5, 0.6) is 0 Å². The second-order valence-corrected chi connectivity index (χ2v) is 4.95. The number of nitrogens with zero attached hydrogens (tertiary/aromatic N) is 2. The lowest BCUT2D eigenvalue weighted by Gasteiger charge is -2.30. The molecule has 1 N–H and O–H groups in total. The number of aromatic nitrogens is 1. The van der Waals surface area contributed by atoms with Crippen LogP contribution in [-0.4, -0.2) is 23.2 Å². The molecule has 1 aromatic heterocycles. The van der Waals surface area contributed by atoms with Crippen LogP contribution in [0, 0.1) is 0 Å². The Morgan fingerprint density at radius 3 is 2.62 bits per heavy atom. The number of rotatable bonds is 2. The molecule has 0 spiro atoms. The lowest BCUT2D eigenvalue weighted by Crippen LogP contribution is -2.32. The van der Waals surface area contributed by atoms with Crippen LogP contribution in [0.25, 0.3) is 0 Å². The third kappa shape index (κ3) is 1.69. The van der Waals surface area contributed by atoms with E-state index >= 15 is 0 Å². The van der Waals surface area contributed by atoms with Gasteiger partial charge in [0, 0.05) is 24.8 Å².